The molecule has 3 rings (SSSR count). The van der Waals surface area contributed by atoms with Gasteiger partial charge in [0.15, 0.2) is 5.57 Å². The van der Waals surface area contributed by atoms with Gasteiger partial charge in [-0.3, -0.25) is 4.79 Å². The lowest BCUT2D eigenvalue weighted by molar-refractivity contribution is -0.149. The van der Waals surface area contributed by atoms with E-state index in [9.17, 15) is 14.4 Å². The molecular formula is C18H18N2O5. The zero-order chi connectivity index (χ0) is 18.1. The third kappa shape index (κ3) is 2.48. The maximum Gasteiger partial charge on any atom is 0.355 e. The van der Waals surface area contributed by atoms with E-state index < -0.39 is 24.0 Å². The molecule has 0 fully saturated rings. The van der Waals surface area contributed by atoms with Crippen molar-refractivity contribution < 1.29 is 23.9 Å². The summed E-state index contributed by atoms with van der Waals surface area (Å²) in [7, 11) is 2.37. The number of likely N-dealkylation sites (N-methyl/N-ethyl adjacent to an activating group) is 1. The molecule has 2 aliphatic heterocycles. The number of rotatable bonds is 3. The smallest absolute Gasteiger partial charge is 0.355 e. The molecule has 1 aromatic rings. The van der Waals surface area contributed by atoms with Crippen LogP contribution in [0.4, 0.5) is 0 Å². The molecule has 0 aromatic heterocycles. The second-order valence-corrected chi connectivity index (χ2v) is 5.52. The molecule has 7 nitrogen and oxygen atoms in total. The number of nitrogens with zero attached hydrogens (tertiary/aromatic N) is 2. The predicted molar refractivity (Wildman–Crippen MR) is 88.5 cm³/mol. The molecule has 0 bridgehead atoms. The molecule has 0 radical (unpaired) electrons. The first-order chi connectivity index (χ1) is 12.0. The van der Waals surface area contributed by atoms with Crippen LogP contribution in [-0.4, -0.2) is 48.4 Å². The fourth-order valence-electron chi connectivity index (χ4n) is 3.20. The lowest BCUT2D eigenvalue weighted by atomic mass is 9.95. The van der Waals surface area contributed by atoms with E-state index in [1.165, 1.54) is 19.1 Å². The summed E-state index contributed by atoms with van der Waals surface area (Å²) in [4.78, 5) is 40.7. The van der Waals surface area contributed by atoms with E-state index >= 15 is 0 Å². The van der Waals surface area contributed by atoms with Crippen LogP contribution < -0.4 is 0 Å². The summed E-state index contributed by atoms with van der Waals surface area (Å²) in [6, 6.07) is 7.59. The van der Waals surface area contributed by atoms with Crippen molar-refractivity contribution in [3.8, 4) is 0 Å². The Balaban J connectivity index is 2.27. The highest BCUT2D eigenvalue weighted by Gasteiger charge is 2.46. The normalized spacial score (nSPS) is 18.7. The first-order valence-corrected chi connectivity index (χ1v) is 7.82. The van der Waals surface area contributed by atoms with Gasteiger partial charge >= 0.3 is 11.9 Å². The number of ether oxygens (including phenoxy) is 2. The van der Waals surface area contributed by atoms with Gasteiger partial charge in [-0.05, 0) is 18.6 Å². The largest absolute Gasteiger partial charge is 0.465 e. The molecule has 0 aliphatic carbocycles. The Morgan fingerprint density at radius 2 is 1.80 bits per heavy atom. The quantitative estimate of drug-likeness (QED) is 0.611. The van der Waals surface area contributed by atoms with Gasteiger partial charge in [-0.1, -0.05) is 24.3 Å². The van der Waals surface area contributed by atoms with Gasteiger partial charge in [0.25, 0.3) is 5.91 Å². The molecular weight excluding hydrogens is 324 g/mol. The monoisotopic (exact) mass is 342 g/mol. The second kappa shape index (κ2) is 6.43. The van der Waals surface area contributed by atoms with Crippen molar-refractivity contribution in [2.45, 2.75) is 13.1 Å². The molecule has 25 heavy (non-hydrogen) atoms. The Bertz CT molecular complexity index is 811. The van der Waals surface area contributed by atoms with Crippen LogP contribution in [0.25, 0.3) is 6.08 Å². The maximum absolute atomic E-state index is 13.0. The average Bonchev–Trinajstić information content (AvgIpc) is 2.65. The van der Waals surface area contributed by atoms with Gasteiger partial charge in [-0.25, -0.2) is 9.59 Å². The van der Waals surface area contributed by atoms with Crippen molar-refractivity contribution in [2.24, 2.45) is 0 Å². The highest BCUT2D eigenvalue weighted by molar-refractivity contribution is 6.21. The number of hydrogen-bond acceptors (Lipinski definition) is 6. The van der Waals surface area contributed by atoms with Crippen molar-refractivity contribution >= 4 is 23.9 Å². The number of esters is 2. The first kappa shape index (κ1) is 16.8. The molecule has 0 saturated carbocycles. The zero-order valence-electron chi connectivity index (χ0n) is 14.2. The molecule has 7 heteroatoms. The Hall–Kier alpha value is -3.09. The number of carbonyl (C=O) groups is 3. The molecule has 2 heterocycles. The van der Waals surface area contributed by atoms with E-state index in [1.54, 1.807) is 11.1 Å². The van der Waals surface area contributed by atoms with Crippen LogP contribution in [0.15, 0.2) is 41.7 Å². The number of amides is 1. The molecule has 2 aliphatic rings. The highest BCUT2D eigenvalue weighted by atomic mass is 16.5. The first-order valence-electron chi connectivity index (χ1n) is 7.82. The van der Waals surface area contributed by atoms with Crippen LogP contribution in [-0.2, 0) is 23.9 Å². The third-order valence-electron chi connectivity index (χ3n) is 4.33. The van der Waals surface area contributed by atoms with Crippen LogP contribution in [0, 0.1) is 0 Å². The van der Waals surface area contributed by atoms with Crippen LogP contribution >= 0.6 is 0 Å². The van der Waals surface area contributed by atoms with E-state index in [-0.39, 0.29) is 11.3 Å². The van der Waals surface area contributed by atoms with Gasteiger partial charge < -0.3 is 19.3 Å². The number of fused-ring (bicyclic) bond motifs is 3. The topological polar surface area (TPSA) is 76.1 Å². The maximum atomic E-state index is 13.0. The summed E-state index contributed by atoms with van der Waals surface area (Å²) in [6.07, 6.45) is 2.98. The molecule has 1 atom stereocenters. The third-order valence-corrected chi connectivity index (χ3v) is 4.33. The van der Waals surface area contributed by atoms with Gasteiger partial charge in [0.1, 0.15) is 11.9 Å². The number of benzene rings is 1. The summed E-state index contributed by atoms with van der Waals surface area (Å²) in [6.45, 7) is 2.17. The number of methoxy groups -OCH3 is 2. The molecule has 0 N–H and O–H groups in total. The van der Waals surface area contributed by atoms with Gasteiger partial charge in [0, 0.05) is 18.3 Å². The average molecular weight is 342 g/mol. The van der Waals surface area contributed by atoms with E-state index in [1.807, 2.05) is 37.3 Å². The number of carbonyl (C=O) groups excluding carboxylic acids is 3. The SMILES string of the molecule is CCN1C(=O)C(C(=O)OC)=C(C(=O)OC)N2C=Cc3ccccc3C21. The Morgan fingerprint density at radius 3 is 2.44 bits per heavy atom. The van der Waals surface area contributed by atoms with Gasteiger partial charge in [-0.15, -0.1) is 0 Å². The molecule has 1 aromatic carbocycles. The number of hydrogen-bond donors (Lipinski definition) is 0. The molecule has 0 saturated heterocycles. The molecule has 1 amide bonds. The minimum absolute atomic E-state index is 0.111. The van der Waals surface area contributed by atoms with Gasteiger partial charge in [-0.2, -0.15) is 0 Å². The summed E-state index contributed by atoms with van der Waals surface area (Å²) in [5.74, 6) is -2.19. The fraction of sp³-hybridized carbons (Fsp3) is 0.278. The van der Waals surface area contributed by atoms with Gasteiger partial charge in [0.2, 0.25) is 0 Å². The van der Waals surface area contributed by atoms with Crippen molar-refractivity contribution in [3.05, 3.63) is 52.9 Å². The van der Waals surface area contributed by atoms with E-state index in [0.717, 1.165) is 11.1 Å². The molecule has 1 unspecified atom stereocenters. The molecule has 0 spiro atoms. The van der Waals surface area contributed by atoms with E-state index in [0.29, 0.717) is 6.54 Å². The lowest BCUT2D eigenvalue weighted by Gasteiger charge is -2.45. The summed E-state index contributed by atoms with van der Waals surface area (Å²) >= 11 is 0. The Kier molecular flexibility index (Phi) is 4.31. The van der Waals surface area contributed by atoms with Crippen molar-refractivity contribution in [1.29, 1.82) is 0 Å². The summed E-state index contributed by atoms with van der Waals surface area (Å²) in [5.41, 5.74) is 1.38. The predicted octanol–water partition coefficient (Wildman–Crippen LogP) is 1.43. The summed E-state index contributed by atoms with van der Waals surface area (Å²) in [5, 5.41) is 0. The van der Waals surface area contributed by atoms with Gasteiger partial charge in [0.05, 0.1) is 14.2 Å². The minimum Gasteiger partial charge on any atom is -0.465 e. The summed E-state index contributed by atoms with van der Waals surface area (Å²) < 4.78 is 9.54. The van der Waals surface area contributed by atoms with Crippen LogP contribution in [0.1, 0.15) is 24.2 Å². The zero-order valence-corrected chi connectivity index (χ0v) is 14.2. The lowest BCUT2D eigenvalue weighted by Crippen LogP contribution is -2.51. The highest BCUT2D eigenvalue weighted by Crippen LogP contribution is 2.40. The van der Waals surface area contributed by atoms with Crippen LogP contribution in [0.2, 0.25) is 0 Å². The second-order valence-electron chi connectivity index (χ2n) is 5.52. The molecule has 130 valence electrons. The van der Waals surface area contributed by atoms with Crippen molar-refractivity contribution in [3.63, 3.8) is 0 Å². The van der Waals surface area contributed by atoms with Crippen molar-refractivity contribution in [2.75, 3.05) is 20.8 Å². The van der Waals surface area contributed by atoms with Crippen LogP contribution in [0.5, 0.6) is 0 Å². The minimum atomic E-state index is -0.866. The Morgan fingerprint density at radius 1 is 1.12 bits per heavy atom. The van der Waals surface area contributed by atoms with E-state index in [2.05, 4.69) is 0 Å². The fourth-order valence-corrected chi connectivity index (χ4v) is 3.20. The van der Waals surface area contributed by atoms with Crippen molar-refractivity contribution in [1.82, 2.24) is 9.80 Å². The van der Waals surface area contributed by atoms with Crippen LogP contribution in [0.3, 0.4) is 0 Å². The standard InChI is InChI=1S/C18H18N2O5/c1-4-19-15-12-8-6-5-7-11(12)9-10-20(15)14(18(23)25-3)13(16(19)21)17(22)24-2/h5-10,15H,4H2,1-3H3. The van der Waals surface area contributed by atoms with E-state index in [4.69, 9.17) is 9.47 Å². The Labute approximate surface area is 145 Å².